The highest BCUT2D eigenvalue weighted by atomic mass is 79.9. The largest absolute Gasteiger partial charge is 0.311 e. The Morgan fingerprint density at radius 3 is 2.89 bits per heavy atom. The van der Waals surface area contributed by atoms with Crippen molar-refractivity contribution < 1.29 is 9.59 Å². The molecular weight excluding hydrogens is 338 g/mol. The minimum Gasteiger partial charge on any atom is -0.311 e. The molecule has 2 rings (SSSR count). The Morgan fingerprint density at radius 2 is 2.28 bits per heavy atom. The van der Waals surface area contributed by atoms with Crippen LogP contribution in [0.4, 0.5) is 5.69 Å². The highest BCUT2D eigenvalue weighted by Crippen LogP contribution is 2.32. The first kappa shape index (κ1) is 13.9. The van der Waals surface area contributed by atoms with Crippen molar-refractivity contribution >= 4 is 56.0 Å². The fourth-order valence-corrected chi connectivity index (χ4v) is 3.29. The van der Waals surface area contributed by atoms with E-state index in [4.69, 9.17) is 11.6 Å². The monoisotopic (exact) mass is 347 g/mol. The van der Waals surface area contributed by atoms with Crippen molar-refractivity contribution in [3.8, 4) is 0 Å². The second kappa shape index (κ2) is 5.63. The molecule has 1 amide bonds. The summed E-state index contributed by atoms with van der Waals surface area (Å²) in [4.78, 5) is 24.7. The number of thioether (sulfide) groups is 1. The van der Waals surface area contributed by atoms with Gasteiger partial charge in [0, 0.05) is 35.3 Å². The predicted molar refractivity (Wildman–Crippen MR) is 78.2 cm³/mol. The molecule has 1 heterocycles. The standard InChI is InChI=1S/C12H11BrClNO2S/c1-7(16)18-9-5-12(17)15(6-9)8-2-3-11(14)10(13)4-8/h2-4,9H,5-6H2,1H3. The van der Waals surface area contributed by atoms with Crippen LogP contribution >= 0.6 is 39.3 Å². The quantitative estimate of drug-likeness (QED) is 0.821. The third kappa shape index (κ3) is 3.08. The first-order chi connectivity index (χ1) is 8.47. The molecule has 1 atom stereocenters. The molecule has 1 aliphatic heterocycles. The number of rotatable bonds is 2. The third-order valence-electron chi connectivity index (χ3n) is 2.64. The minimum absolute atomic E-state index is 0.0444. The number of halogens is 2. The maximum atomic E-state index is 11.9. The lowest BCUT2D eigenvalue weighted by molar-refractivity contribution is -0.117. The van der Waals surface area contributed by atoms with Crippen molar-refractivity contribution in [3.63, 3.8) is 0 Å². The summed E-state index contributed by atoms with van der Waals surface area (Å²) in [5, 5.41) is 0.705. The molecule has 1 fully saturated rings. The molecule has 1 saturated heterocycles. The van der Waals surface area contributed by atoms with E-state index in [0.29, 0.717) is 18.0 Å². The molecule has 0 saturated carbocycles. The average Bonchev–Trinajstić information content (AvgIpc) is 2.62. The second-order valence-electron chi connectivity index (χ2n) is 4.04. The van der Waals surface area contributed by atoms with E-state index in [-0.39, 0.29) is 16.3 Å². The Kier molecular flexibility index (Phi) is 4.35. The lowest BCUT2D eigenvalue weighted by Gasteiger charge is -2.17. The topological polar surface area (TPSA) is 37.4 Å². The van der Waals surface area contributed by atoms with Gasteiger partial charge in [0.15, 0.2) is 5.12 Å². The van der Waals surface area contributed by atoms with Gasteiger partial charge in [-0.3, -0.25) is 9.59 Å². The Hall–Kier alpha value is -0.520. The molecule has 0 N–H and O–H groups in total. The summed E-state index contributed by atoms with van der Waals surface area (Å²) >= 11 is 10.5. The number of anilines is 1. The van der Waals surface area contributed by atoms with Crippen molar-refractivity contribution in [2.24, 2.45) is 0 Å². The van der Waals surface area contributed by atoms with Gasteiger partial charge in [0.25, 0.3) is 0 Å². The van der Waals surface area contributed by atoms with Gasteiger partial charge >= 0.3 is 0 Å². The fourth-order valence-electron chi connectivity index (χ4n) is 1.89. The molecule has 1 aliphatic rings. The van der Waals surface area contributed by atoms with E-state index in [0.717, 1.165) is 10.2 Å². The third-order valence-corrected chi connectivity index (χ3v) is 4.83. The minimum atomic E-state index is 0.0444. The number of hydrogen-bond donors (Lipinski definition) is 0. The van der Waals surface area contributed by atoms with Crippen molar-refractivity contribution in [2.75, 3.05) is 11.4 Å². The van der Waals surface area contributed by atoms with Gasteiger partial charge in [0.2, 0.25) is 5.91 Å². The lowest BCUT2D eigenvalue weighted by Crippen LogP contribution is -2.24. The van der Waals surface area contributed by atoms with Crippen LogP contribution in [-0.2, 0) is 9.59 Å². The molecule has 0 radical (unpaired) electrons. The molecular formula is C12H11BrClNO2S. The van der Waals surface area contributed by atoms with Crippen LogP contribution in [0.25, 0.3) is 0 Å². The number of carbonyl (C=O) groups excluding carboxylic acids is 2. The Bertz CT molecular complexity index is 509. The van der Waals surface area contributed by atoms with E-state index >= 15 is 0 Å². The molecule has 0 bridgehead atoms. The summed E-state index contributed by atoms with van der Waals surface area (Å²) < 4.78 is 0.761. The maximum absolute atomic E-state index is 11.9. The fraction of sp³-hybridized carbons (Fsp3) is 0.333. The first-order valence-electron chi connectivity index (χ1n) is 5.40. The summed E-state index contributed by atoms with van der Waals surface area (Å²) in [5.74, 6) is 0.0444. The molecule has 6 heteroatoms. The highest BCUT2D eigenvalue weighted by molar-refractivity contribution is 9.10. The molecule has 1 aromatic carbocycles. The molecule has 96 valence electrons. The number of benzene rings is 1. The van der Waals surface area contributed by atoms with Crippen LogP contribution in [0.2, 0.25) is 5.02 Å². The van der Waals surface area contributed by atoms with Gasteiger partial charge in [-0.15, -0.1) is 0 Å². The molecule has 1 unspecified atom stereocenters. The normalized spacial score (nSPS) is 19.4. The smallest absolute Gasteiger partial charge is 0.228 e. The van der Waals surface area contributed by atoms with Crippen LogP contribution in [0, 0.1) is 0 Å². The van der Waals surface area contributed by atoms with Crippen LogP contribution in [-0.4, -0.2) is 22.8 Å². The van der Waals surface area contributed by atoms with E-state index in [1.54, 1.807) is 11.0 Å². The molecule has 18 heavy (non-hydrogen) atoms. The van der Waals surface area contributed by atoms with E-state index in [1.165, 1.54) is 18.7 Å². The van der Waals surface area contributed by atoms with Gasteiger partial charge in [-0.1, -0.05) is 23.4 Å². The van der Waals surface area contributed by atoms with Crippen LogP contribution in [0.1, 0.15) is 13.3 Å². The van der Waals surface area contributed by atoms with Crippen molar-refractivity contribution in [2.45, 2.75) is 18.6 Å². The van der Waals surface area contributed by atoms with Crippen LogP contribution in [0.3, 0.4) is 0 Å². The molecule has 0 aliphatic carbocycles. The van der Waals surface area contributed by atoms with Crippen molar-refractivity contribution in [1.29, 1.82) is 0 Å². The predicted octanol–water partition coefficient (Wildman–Crippen LogP) is 3.49. The summed E-state index contributed by atoms with van der Waals surface area (Å²) in [6.07, 6.45) is 0.407. The van der Waals surface area contributed by atoms with Gasteiger partial charge in [-0.05, 0) is 34.1 Å². The van der Waals surface area contributed by atoms with Crippen LogP contribution in [0.5, 0.6) is 0 Å². The molecule has 0 aromatic heterocycles. The van der Waals surface area contributed by atoms with E-state index < -0.39 is 0 Å². The summed E-state index contributed by atoms with van der Waals surface area (Å²) in [6, 6.07) is 5.38. The lowest BCUT2D eigenvalue weighted by atomic mass is 10.3. The first-order valence-corrected chi connectivity index (χ1v) is 7.45. The second-order valence-corrected chi connectivity index (χ2v) is 6.78. The van der Waals surface area contributed by atoms with Gasteiger partial charge in [-0.25, -0.2) is 0 Å². The molecule has 3 nitrogen and oxygen atoms in total. The van der Waals surface area contributed by atoms with E-state index in [2.05, 4.69) is 15.9 Å². The highest BCUT2D eigenvalue weighted by Gasteiger charge is 2.31. The van der Waals surface area contributed by atoms with Crippen molar-refractivity contribution in [1.82, 2.24) is 0 Å². The van der Waals surface area contributed by atoms with E-state index in [9.17, 15) is 9.59 Å². The summed E-state index contributed by atoms with van der Waals surface area (Å²) in [6.45, 7) is 2.09. The zero-order valence-corrected chi connectivity index (χ0v) is 12.8. The van der Waals surface area contributed by atoms with Gasteiger partial charge in [-0.2, -0.15) is 0 Å². The zero-order chi connectivity index (χ0) is 13.3. The average molecular weight is 349 g/mol. The summed E-state index contributed by atoms with van der Waals surface area (Å²) in [5.41, 5.74) is 0.808. The number of hydrogen-bond acceptors (Lipinski definition) is 3. The zero-order valence-electron chi connectivity index (χ0n) is 9.65. The SMILES string of the molecule is CC(=O)SC1CC(=O)N(c2ccc(Cl)c(Br)c2)C1. The number of amides is 1. The van der Waals surface area contributed by atoms with Gasteiger partial charge in [0.1, 0.15) is 0 Å². The van der Waals surface area contributed by atoms with Crippen LogP contribution < -0.4 is 4.90 Å². The van der Waals surface area contributed by atoms with Gasteiger partial charge in [0.05, 0.1) is 5.02 Å². The number of carbonyl (C=O) groups is 2. The van der Waals surface area contributed by atoms with Crippen LogP contribution in [0.15, 0.2) is 22.7 Å². The Labute approximate surface area is 123 Å². The maximum Gasteiger partial charge on any atom is 0.228 e. The van der Waals surface area contributed by atoms with Gasteiger partial charge < -0.3 is 4.90 Å². The Balaban J connectivity index is 2.16. The summed E-state index contributed by atoms with van der Waals surface area (Å²) in [7, 11) is 0. The molecule has 1 aromatic rings. The molecule has 0 spiro atoms. The van der Waals surface area contributed by atoms with Crippen molar-refractivity contribution in [3.05, 3.63) is 27.7 Å². The number of nitrogens with zero attached hydrogens (tertiary/aromatic N) is 1. The van der Waals surface area contributed by atoms with E-state index in [1.807, 2.05) is 12.1 Å². The Morgan fingerprint density at radius 1 is 1.56 bits per heavy atom.